The largest absolute Gasteiger partial charge is 0.486 e. The SMILES string of the molecule is O=S(Nc1cc(-c2nc3ncccc3o2)ccn1)c1ccc2c(c1)OCCO2. The summed E-state index contributed by atoms with van der Waals surface area (Å²) in [6.07, 6.45) is 3.26. The van der Waals surface area contributed by atoms with Gasteiger partial charge in [0.15, 0.2) is 33.7 Å². The third-order valence-electron chi connectivity index (χ3n) is 4.10. The highest BCUT2D eigenvalue weighted by Gasteiger charge is 2.15. The Morgan fingerprint density at radius 2 is 1.86 bits per heavy atom. The van der Waals surface area contributed by atoms with Crippen LogP contribution in [0.5, 0.6) is 11.5 Å². The van der Waals surface area contributed by atoms with Gasteiger partial charge >= 0.3 is 0 Å². The van der Waals surface area contributed by atoms with Crippen molar-refractivity contribution in [1.82, 2.24) is 15.0 Å². The third-order valence-corrected chi connectivity index (χ3v) is 5.17. The number of nitrogens with one attached hydrogen (secondary N) is 1. The average molecular weight is 394 g/mol. The molecule has 8 nitrogen and oxygen atoms in total. The van der Waals surface area contributed by atoms with E-state index in [-0.39, 0.29) is 0 Å². The highest BCUT2D eigenvalue weighted by atomic mass is 32.2. The van der Waals surface area contributed by atoms with Crippen LogP contribution in [-0.2, 0) is 11.0 Å². The number of ether oxygens (including phenoxy) is 2. The van der Waals surface area contributed by atoms with Crippen LogP contribution in [0.15, 0.2) is 64.2 Å². The number of aromatic nitrogens is 3. The molecule has 0 fully saturated rings. The zero-order valence-electron chi connectivity index (χ0n) is 14.5. The fraction of sp³-hybridized carbons (Fsp3) is 0.105. The van der Waals surface area contributed by atoms with Gasteiger partial charge in [0.2, 0.25) is 5.89 Å². The van der Waals surface area contributed by atoms with Gasteiger partial charge in [-0.1, -0.05) is 0 Å². The molecule has 1 unspecified atom stereocenters. The van der Waals surface area contributed by atoms with Crippen LogP contribution in [0, 0.1) is 0 Å². The average Bonchev–Trinajstić information content (AvgIpc) is 3.18. The minimum absolute atomic E-state index is 0.421. The number of anilines is 1. The summed E-state index contributed by atoms with van der Waals surface area (Å²) in [5.41, 5.74) is 1.84. The Labute approximate surface area is 162 Å². The van der Waals surface area contributed by atoms with E-state index in [9.17, 15) is 4.21 Å². The van der Waals surface area contributed by atoms with Crippen LogP contribution in [0.3, 0.4) is 0 Å². The molecule has 0 saturated carbocycles. The Bertz CT molecular complexity index is 1160. The Hall–Kier alpha value is -3.46. The minimum atomic E-state index is -1.52. The van der Waals surface area contributed by atoms with Gasteiger partial charge in [-0.15, -0.1) is 0 Å². The Morgan fingerprint density at radius 3 is 2.75 bits per heavy atom. The van der Waals surface area contributed by atoms with Crippen molar-refractivity contribution in [2.45, 2.75) is 4.90 Å². The monoisotopic (exact) mass is 394 g/mol. The van der Waals surface area contributed by atoms with E-state index in [0.717, 1.165) is 0 Å². The molecule has 1 aliphatic heterocycles. The van der Waals surface area contributed by atoms with Gasteiger partial charge < -0.3 is 13.9 Å². The molecule has 1 aliphatic rings. The summed E-state index contributed by atoms with van der Waals surface area (Å²) in [5, 5.41) is 0. The standard InChI is InChI=1S/C19H14N4O4S/c24-28(13-3-4-14-16(11-13)26-9-8-25-14)23-17-10-12(5-7-20-17)19-22-18-15(27-19)2-1-6-21-18/h1-7,10-11H,8-9H2,(H,20,23). The fourth-order valence-electron chi connectivity index (χ4n) is 2.80. The van der Waals surface area contributed by atoms with Gasteiger partial charge in [0.05, 0.1) is 4.90 Å². The number of hydrogen-bond acceptors (Lipinski definition) is 7. The molecule has 5 rings (SSSR count). The number of oxazole rings is 1. The van der Waals surface area contributed by atoms with Crippen molar-refractivity contribution >= 4 is 28.0 Å². The van der Waals surface area contributed by atoms with Crippen molar-refractivity contribution in [2.75, 3.05) is 17.9 Å². The summed E-state index contributed by atoms with van der Waals surface area (Å²) in [6, 6.07) is 12.3. The lowest BCUT2D eigenvalue weighted by molar-refractivity contribution is 0.171. The first kappa shape index (κ1) is 16.7. The summed E-state index contributed by atoms with van der Waals surface area (Å²) in [4.78, 5) is 13.3. The van der Waals surface area contributed by atoms with Crippen molar-refractivity contribution in [3.8, 4) is 23.0 Å². The molecule has 140 valence electrons. The summed E-state index contributed by atoms with van der Waals surface area (Å²) in [7, 11) is -1.52. The van der Waals surface area contributed by atoms with Crippen LogP contribution in [0.4, 0.5) is 5.82 Å². The van der Waals surface area contributed by atoms with E-state index in [0.29, 0.717) is 58.1 Å². The van der Waals surface area contributed by atoms with Gasteiger partial charge in [0.25, 0.3) is 0 Å². The zero-order chi connectivity index (χ0) is 18.9. The maximum absolute atomic E-state index is 12.7. The van der Waals surface area contributed by atoms with Crippen LogP contribution in [-0.4, -0.2) is 32.4 Å². The van der Waals surface area contributed by atoms with Gasteiger partial charge in [-0.2, -0.15) is 4.98 Å². The molecule has 1 N–H and O–H groups in total. The first-order valence-electron chi connectivity index (χ1n) is 8.52. The van der Waals surface area contributed by atoms with Gasteiger partial charge in [-0.3, -0.25) is 4.72 Å². The lowest BCUT2D eigenvalue weighted by Gasteiger charge is -2.18. The topological polar surface area (TPSA) is 99.4 Å². The molecule has 0 bridgehead atoms. The van der Waals surface area contributed by atoms with Gasteiger partial charge in [0.1, 0.15) is 19.0 Å². The molecule has 1 aromatic carbocycles. The number of fused-ring (bicyclic) bond motifs is 2. The second-order valence-electron chi connectivity index (χ2n) is 5.95. The predicted molar refractivity (Wildman–Crippen MR) is 102 cm³/mol. The summed E-state index contributed by atoms with van der Waals surface area (Å²) in [6.45, 7) is 0.981. The first-order valence-corrected chi connectivity index (χ1v) is 9.67. The van der Waals surface area contributed by atoms with E-state index >= 15 is 0 Å². The summed E-state index contributed by atoms with van der Waals surface area (Å²) < 4.78 is 32.3. The van der Waals surface area contributed by atoms with Crippen molar-refractivity contribution in [2.24, 2.45) is 0 Å². The van der Waals surface area contributed by atoms with Crippen LogP contribution < -0.4 is 14.2 Å². The molecular formula is C19H14N4O4S. The van der Waals surface area contributed by atoms with Crippen molar-refractivity contribution in [3.63, 3.8) is 0 Å². The molecule has 28 heavy (non-hydrogen) atoms. The Balaban J connectivity index is 1.40. The van der Waals surface area contributed by atoms with Crippen LogP contribution in [0.25, 0.3) is 22.7 Å². The Morgan fingerprint density at radius 1 is 0.964 bits per heavy atom. The molecular weight excluding hydrogens is 380 g/mol. The lowest BCUT2D eigenvalue weighted by Crippen LogP contribution is -2.16. The highest BCUT2D eigenvalue weighted by Crippen LogP contribution is 2.32. The van der Waals surface area contributed by atoms with E-state index < -0.39 is 11.0 Å². The molecule has 3 aromatic heterocycles. The normalized spacial score (nSPS) is 14.0. The van der Waals surface area contributed by atoms with Gasteiger partial charge in [-0.25, -0.2) is 14.2 Å². The minimum Gasteiger partial charge on any atom is -0.486 e. The molecule has 4 heterocycles. The van der Waals surface area contributed by atoms with E-state index in [1.54, 1.807) is 54.9 Å². The number of hydrogen-bond donors (Lipinski definition) is 1. The highest BCUT2D eigenvalue weighted by molar-refractivity contribution is 7.86. The van der Waals surface area contributed by atoms with Crippen LogP contribution >= 0.6 is 0 Å². The molecule has 9 heteroatoms. The number of pyridine rings is 2. The zero-order valence-corrected chi connectivity index (χ0v) is 15.3. The van der Waals surface area contributed by atoms with Crippen LogP contribution in [0.2, 0.25) is 0 Å². The number of rotatable bonds is 4. The lowest BCUT2D eigenvalue weighted by atomic mass is 10.2. The second-order valence-corrected chi connectivity index (χ2v) is 7.16. The van der Waals surface area contributed by atoms with Gasteiger partial charge in [0, 0.05) is 24.0 Å². The maximum Gasteiger partial charge on any atom is 0.229 e. The van der Waals surface area contributed by atoms with Crippen molar-refractivity contribution in [1.29, 1.82) is 0 Å². The first-order chi connectivity index (χ1) is 13.8. The van der Waals surface area contributed by atoms with E-state index in [4.69, 9.17) is 13.9 Å². The van der Waals surface area contributed by atoms with E-state index in [1.165, 1.54) is 0 Å². The van der Waals surface area contributed by atoms with E-state index in [1.807, 2.05) is 0 Å². The number of nitrogens with zero attached hydrogens (tertiary/aromatic N) is 3. The molecule has 0 radical (unpaired) electrons. The molecule has 4 aromatic rings. The summed E-state index contributed by atoms with van der Waals surface area (Å²) in [5.74, 6) is 2.08. The van der Waals surface area contributed by atoms with E-state index in [2.05, 4.69) is 19.7 Å². The van der Waals surface area contributed by atoms with Crippen LogP contribution in [0.1, 0.15) is 0 Å². The molecule has 1 atom stereocenters. The third kappa shape index (κ3) is 3.16. The molecule has 0 saturated heterocycles. The quantitative estimate of drug-likeness (QED) is 0.567. The second kappa shape index (κ2) is 6.93. The molecule has 0 spiro atoms. The van der Waals surface area contributed by atoms with Crippen molar-refractivity contribution in [3.05, 3.63) is 54.9 Å². The smallest absolute Gasteiger partial charge is 0.229 e. The Kier molecular flexibility index (Phi) is 4.13. The summed E-state index contributed by atoms with van der Waals surface area (Å²) >= 11 is 0. The van der Waals surface area contributed by atoms with Crippen molar-refractivity contribution < 1.29 is 18.1 Å². The molecule has 0 aliphatic carbocycles. The number of benzene rings is 1. The fourth-order valence-corrected chi connectivity index (χ4v) is 3.63. The maximum atomic E-state index is 12.7. The van der Waals surface area contributed by atoms with Gasteiger partial charge in [-0.05, 0) is 36.4 Å². The predicted octanol–water partition coefficient (Wildman–Crippen LogP) is 3.19. The molecule has 0 amide bonds.